The third-order valence-corrected chi connectivity index (χ3v) is 4.66. The maximum absolute atomic E-state index is 2.51. The molecule has 100 valence electrons. The normalized spacial score (nSPS) is 18.8. The van der Waals surface area contributed by atoms with Crippen molar-refractivity contribution in [1.82, 2.24) is 4.90 Å². The highest BCUT2D eigenvalue weighted by molar-refractivity contribution is 5.30. The van der Waals surface area contributed by atoms with E-state index in [0.29, 0.717) is 11.5 Å². The van der Waals surface area contributed by atoms with Gasteiger partial charge in [0.25, 0.3) is 0 Å². The van der Waals surface area contributed by atoms with Crippen molar-refractivity contribution in [3.63, 3.8) is 0 Å². The predicted molar refractivity (Wildman–Crippen MR) is 79.1 cm³/mol. The Balaban J connectivity index is 2.24. The molecule has 0 aromatic heterocycles. The van der Waals surface area contributed by atoms with Crippen LogP contribution in [0.1, 0.15) is 50.7 Å². The van der Waals surface area contributed by atoms with Gasteiger partial charge >= 0.3 is 0 Å². The molecule has 0 heterocycles. The monoisotopic (exact) mass is 245 g/mol. The van der Waals surface area contributed by atoms with E-state index in [1.165, 1.54) is 37.8 Å². The second kappa shape index (κ2) is 5.44. The van der Waals surface area contributed by atoms with Crippen LogP contribution in [0, 0.1) is 6.92 Å². The SMILES string of the molecule is Cc1ccc(C2(CN(C)C(C)C)CCCC2)cc1. The van der Waals surface area contributed by atoms with Crippen molar-refractivity contribution in [3.05, 3.63) is 35.4 Å². The Kier molecular flexibility index (Phi) is 4.11. The first-order valence-electron chi connectivity index (χ1n) is 7.31. The van der Waals surface area contributed by atoms with Crippen LogP contribution in [0.5, 0.6) is 0 Å². The van der Waals surface area contributed by atoms with Crippen molar-refractivity contribution in [3.8, 4) is 0 Å². The van der Waals surface area contributed by atoms with E-state index in [9.17, 15) is 0 Å². The van der Waals surface area contributed by atoms with E-state index in [1.54, 1.807) is 5.56 Å². The molecule has 0 radical (unpaired) electrons. The Morgan fingerprint density at radius 2 is 1.67 bits per heavy atom. The standard InChI is InChI=1S/C17H27N/c1-14(2)18(4)13-17(11-5-6-12-17)16-9-7-15(3)8-10-16/h7-10,14H,5-6,11-13H2,1-4H3. The number of benzene rings is 1. The summed E-state index contributed by atoms with van der Waals surface area (Å²) in [5.41, 5.74) is 3.33. The van der Waals surface area contributed by atoms with Gasteiger partial charge in [0, 0.05) is 18.0 Å². The maximum atomic E-state index is 2.51. The molecule has 0 saturated heterocycles. The van der Waals surface area contributed by atoms with E-state index in [1.807, 2.05) is 0 Å². The predicted octanol–water partition coefficient (Wildman–Crippen LogP) is 4.15. The molecule has 0 N–H and O–H groups in total. The number of aryl methyl sites for hydroxylation is 1. The van der Waals surface area contributed by atoms with Crippen LogP contribution in [0.4, 0.5) is 0 Å². The fourth-order valence-electron chi connectivity index (χ4n) is 3.16. The van der Waals surface area contributed by atoms with E-state index >= 15 is 0 Å². The summed E-state index contributed by atoms with van der Waals surface area (Å²) in [4.78, 5) is 2.51. The molecule has 1 nitrogen and oxygen atoms in total. The summed E-state index contributed by atoms with van der Waals surface area (Å²) in [6, 6.07) is 9.88. The van der Waals surface area contributed by atoms with Crippen LogP contribution in [0.25, 0.3) is 0 Å². The van der Waals surface area contributed by atoms with Crippen LogP contribution < -0.4 is 0 Å². The molecular weight excluding hydrogens is 218 g/mol. The van der Waals surface area contributed by atoms with Crippen molar-refractivity contribution < 1.29 is 0 Å². The molecule has 1 aliphatic rings. The van der Waals surface area contributed by atoms with Gasteiger partial charge in [-0.05, 0) is 46.2 Å². The average molecular weight is 245 g/mol. The fraction of sp³-hybridized carbons (Fsp3) is 0.647. The smallest absolute Gasteiger partial charge is 0.00803 e. The summed E-state index contributed by atoms with van der Waals surface area (Å²) < 4.78 is 0. The molecule has 0 unspecified atom stereocenters. The second-order valence-electron chi connectivity index (χ2n) is 6.36. The Hall–Kier alpha value is -0.820. The number of hydrogen-bond donors (Lipinski definition) is 0. The molecule has 0 bridgehead atoms. The Labute approximate surface area is 112 Å². The third kappa shape index (κ3) is 2.77. The summed E-state index contributed by atoms with van der Waals surface area (Å²) in [5.74, 6) is 0. The maximum Gasteiger partial charge on any atom is 0.00803 e. The van der Waals surface area contributed by atoms with Crippen molar-refractivity contribution in [2.75, 3.05) is 13.6 Å². The van der Waals surface area contributed by atoms with Gasteiger partial charge in [-0.25, -0.2) is 0 Å². The minimum Gasteiger partial charge on any atom is -0.303 e. The van der Waals surface area contributed by atoms with E-state index in [4.69, 9.17) is 0 Å². The van der Waals surface area contributed by atoms with Crippen molar-refractivity contribution in [1.29, 1.82) is 0 Å². The van der Waals surface area contributed by atoms with Gasteiger partial charge in [-0.3, -0.25) is 0 Å². The molecule has 1 aliphatic carbocycles. The number of likely N-dealkylation sites (N-methyl/N-ethyl adjacent to an activating group) is 1. The number of hydrogen-bond acceptors (Lipinski definition) is 1. The summed E-state index contributed by atoms with van der Waals surface area (Å²) in [6.45, 7) is 7.95. The van der Waals surface area contributed by atoms with Crippen molar-refractivity contribution in [2.24, 2.45) is 0 Å². The summed E-state index contributed by atoms with van der Waals surface area (Å²) in [6.07, 6.45) is 5.49. The fourth-order valence-corrected chi connectivity index (χ4v) is 3.16. The van der Waals surface area contributed by atoms with E-state index in [2.05, 4.69) is 57.0 Å². The highest BCUT2D eigenvalue weighted by Gasteiger charge is 2.36. The van der Waals surface area contributed by atoms with E-state index in [-0.39, 0.29) is 0 Å². The molecule has 18 heavy (non-hydrogen) atoms. The van der Waals surface area contributed by atoms with Gasteiger partial charge < -0.3 is 4.90 Å². The van der Waals surface area contributed by atoms with Crippen LogP contribution in [0.15, 0.2) is 24.3 Å². The number of nitrogens with zero attached hydrogens (tertiary/aromatic N) is 1. The number of rotatable bonds is 4. The zero-order valence-electron chi connectivity index (χ0n) is 12.4. The van der Waals surface area contributed by atoms with E-state index in [0.717, 1.165) is 0 Å². The van der Waals surface area contributed by atoms with Gasteiger partial charge in [-0.1, -0.05) is 42.7 Å². The van der Waals surface area contributed by atoms with Crippen LogP contribution in [-0.4, -0.2) is 24.5 Å². The van der Waals surface area contributed by atoms with Crippen molar-refractivity contribution >= 4 is 0 Å². The molecule has 1 aromatic carbocycles. The summed E-state index contributed by atoms with van der Waals surface area (Å²) >= 11 is 0. The molecule has 0 atom stereocenters. The van der Waals surface area contributed by atoms with Crippen LogP contribution in [-0.2, 0) is 5.41 Å². The molecule has 2 rings (SSSR count). The first-order valence-corrected chi connectivity index (χ1v) is 7.31. The molecular formula is C17H27N. The summed E-state index contributed by atoms with van der Waals surface area (Å²) in [7, 11) is 2.26. The van der Waals surface area contributed by atoms with E-state index < -0.39 is 0 Å². The zero-order valence-corrected chi connectivity index (χ0v) is 12.4. The molecule has 0 aliphatic heterocycles. The van der Waals surface area contributed by atoms with Gasteiger partial charge in [-0.15, -0.1) is 0 Å². The first-order chi connectivity index (χ1) is 8.53. The van der Waals surface area contributed by atoms with Gasteiger partial charge in [0.05, 0.1) is 0 Å². The molecule has 1 heteroatoms. The molecule has 0 spiro atoms. The van der Waals surface area contributed by atoms with Crippen LogP contribution >= 0.6 is 0 Å². The lowest BCUT2D eigenvalue weighted by molar-refractivity contribution is 0.206. The summed E-state index contributed by atoms with van der Waals surface area (Å²) in [5, 5.41) is 0. The van der Waals surface area contributed by atoms with Gasteiger partial charge in [0.2, 0.25) is 0 Å². The molecule has 1 fully saturated rings. The minimum atomic E-state index is 0.409. The quantitative estimate of drug-likeness (QED) is 0.770. The Morgan fingerprint density at radius 3 is 2.17 bits per heavy atom. The van der Waals surface area contributed by atoms with Gasteiger partial charge in [0.1, 0.15) is 0 Å². The topological polar surface area (TPSA) is 3.24 Å². The lowest BCUT2D eigenvalue weighted by atomic mass is 9.78. The van der Waals surface area contributed by atoms with Crippen LogP contribution in [0.3, 0.4) is 0 Å². The van der Waals surface area contributed by atoms with Gasteiger partial charge in [-0.2, -0.15) is 0 Å². The zero-order chi connectivity index (χ0) is 13.2. The van der Waals surface area contributed by atoms with Gasteiger partial charge in [0.15, 0.2) is 0 Å². The average Bonchev–Trinajstić information content (AvgIpc) is 2.79. The Morgan fingerprint density at radius 1 is 1.11 bits per heavy atom. The molecule has 0 amide bonds. The Bertz CT molecular complexity index is 371. The second-order valence-corrected chi connectivity index (χ2v) is 6.36. The highest BCUT2D eigenvalue weighted by Crippen LogP contribution is 2.41. The molecule has 1 aromatic rings. The highest BCUT2D eigenvalue weighted by atomic mass is 15.1. The lowest BCUT2D eigenvalue weighted by Gasteiger charge is -2.36. The molecule has 1 saturated carbocycles. The largest absolute Gasteiger partial charge is 0.303 e. The lowest BCUT2D eigenvalue weighted by Crippen LogP contribution is -2.40. The first kappa shape index (κ1) is 13.6. The third-order valence-electron chi connectivity index (χ3n) is 4.66. The van der Waals surface area contributed by atoms with Crippen molar-refractivity contribution in [2.45, 2.75) is 57.9 Å². The van der Waals surface area contributed by atoms with Crippen LogP contribution in [0.2, 0.25) is 0 Å². The minimum absolute atomic E-state index is 0.409.